The van der Waals surface area contributed by atoms with Gasteiger partial charge in [-0.3, -0.25) is 10.0 Å². The Labute approximate surface area is 169 Å². The molecule has 1 atom stereocenters. The monoisotopic (exact) mass is 443 g/mol. The zero-order valence-corrected chi connectivity index (χ0v) is 17.3. The fraction of sp³-hybridized carbons (Fsp3) is 0.235. The van der Waals surface area contributed by atoms with E-state index in [1.807, 2.05) is 10.8 Å². The quantitative estimate of drug-likeness (QED) is 0.379. The molecule has 0 fully saturated rings. The standard InChI is InChI=1S/C17H21N3O7S2/c1-20(2)29(25,26)19-16(17(21)18-22)12-28(23,24)15-10-8-14(9-11-15)27-13-6-4-3-5-7-13/h3-11,16,19,22H,12H2,1-2H3,(H,18,21). The summed E-state index contributed by atoms with van der Waals surface area (Å²) in [7, 11) is -5.79. The molecule has 0 spiro atoms. The molecule has 2 rings (SSSR count). The van der Waals surface area contributed by atoms with E-state index in [0.29, 0.717) is 11.5 Å². The van der Waals surface area contributed by atoms with E-state index >= 15 is 0 Å². The molecule has 0 aliphatic rings. The van der Waals surface area contributed by atoms with E-state index in [9.17, 15) is 21.6 Å². The molecule has 3 N–H and O–H groups in total. The number of nitrogens with zero attached hydrogens (tertiary/aromatic N) is 1. The lowest BCUT2D eigenvalue weighted by atomic mass is 10.3. The Balaban J connectivity index is 2.20. The summed E-state index contributed by atoms with van der Waals surface area (Å²) in [5.74, 6) is -1.14. The molecule has 0 aromatic heterocycles. The topological polar surface area (TPSA) is 142 Å². The lowest BCUT2D eigenvalue weighted by Gasteiger charge is -2.19. The van der Waals surface area contributed by atoms with Gasteiger partial charge < -0.3 is 4.74 Å². The van der Waals surface area contributed by atoms with Gasteiger partial charge in [-0.25, -0.2) is 13.9 Å². The number of carbonyl (C=O) groups excluding carboxylic acids is 1. The van der Waals surface area contributed by atoms with Crippen molar-refractivity contribution in [2.24, 2.45) is 0 Å². The second-order valence-electron chi connectivity index (χ2n) is 6.10. The van der Waals surface area contributed by atoms with Crippen LogP contribution in [0.5, 0.6) is 11.5 Å². The van der Waals surface area contributed by atoms with Crippen LogP contribution in [0.2, 0.25) is 0 Å². The van der Waals surface area contributed by atoms with Gasteiger partial charge >= 0.3 is 0 Å². The van der Waals surface area contributed by atoms with E-state index in [-0.39, 0.29) is 4.90 Å². The third-order valence-corrected chi connectivity index (χ3v) is 7.05. The molecule has 1 amide bonds. The van der Waals surface area contributed by atoms with Gasteiger partial charge in [0.25, 0.3) is 16.1 Å². The number of hydrogen-bond acceptors (Lipinski definition) is 7. The molecule has 0 heterocycles. The number of nitrogens with one attached hydrogen (secondary N) is 2. The summed E-state index contributed by atoms with van der Waals surface area (Å²) in [6.07, 6.45) is 0. The highest BCUT2D eigenvalue weighted by atomic mass is 32.2. The highest BCUT2D eigenvalue weighted by molar-refractivity contribution is 7.91. The minimum Gasteiger partial charge on any atom is -0.457 e. The van der Waals surface area contributed by atoms with Crippen LogP contribution in [-0.4, -0.2) is 58.1 Å². The highest BCUT2D eigenvalue weighted by Gasteiger charge is 2.31. The van der Waals surface area contributed by atoms with Crippen molar-refractivity contribution in [1.29, 1.82) is 0 Å². The zero-order valence-electron chi connectivity index (χ0n) is 15.6. The second kappa shape index (κ2) is 9.33. The van der Waals surface area contributed by atoms with Gasteiger partial charge in [0.2, 0.25) is 0 Å². The van der Waals surface area contributed by atoms with Crippen LogP contribution < -0.4 is 14.9 Å². The van der Waals surface area contributed by atoms with Crippen molar-refractivity contribution in [3.63, 3.8) is 0 Å². The largest absolute Gasteiger partial charge is 0.457 e. The molecule has 158 valence electrons. The van der Waals surface area contributed by atoms with E-state index in [1.54, 1.807) is 24.3 Å². The second-order valence-corrected chi connectivity index (χ2v) is 10.1. The van der Waals surface area contributed by atoms with Crippen LogP contribution in [0.15, 0.2) is 59.5 Å². The molecule has 0 bridgehead atoms. The van der Waals surface area contributed by atoms with Crippen LogP contribution in [-0.2, 0) is 24.8 Å². The average Bonchev–Trinajstić information content (AvgIpc) is 2.67. The zero-order chi connectivity index (χ0) is 21.7. The maximum absolute atomic E-state index is 12.6. The summed E-state index contributed by atoms with van der Waals surface area (Å²) >= 11 is 0. The number of rotatable bonds is 9. The molecule has 2 aromatic rings. The molecule has 0 aliphatic carbocycles. The Kier molecular flexibility index (Phi) is 7.32. The van der Waals surface area contributed by atoms with Gasteiger partial charge in [-0.05, 0) is 36.4 Å². The van der Waals surface area contributed by atoms with Crippen LogP contribution in [0.3, 0.4) is 0 Å². The number of amides is 1. The molecule has 2 aromatic carbocycles. The minimum atomic E-state index is -4.12. The molecular formula is C17H21N3O7S2. The van der Waals surface area contributed by atoms with Crippen LogP contribution in [0.1, 0.15) is 0 Å². The van der Waals surface area contributed by atoms with Gasteiger partial charge in [0.1, 0.15) is 17.5 Å². The number of hydrogen-bond donors (Lipinski definition) is 3. The average molecular weight is 444 g/mol. The fourth-order valence-corrected chi connectivity index (χ4v) is 4.46. The van der Waals surface area contributed by atoms with E-state index in [0.717, 1.165) is 4.31 Å². The Bertz CT molecular complexity index is 1040. The van der Waals surface area contributed by atoms with Crippen molar-refractivity contribution in [2.75, 3.05) is 19.8 Å². The molecule has 10 nitrogen and oxygen atoms in total. The van der Waals surface area contributed by atoms with Crippen molar-refractivity contribution in [3.05, 3.63) is 54.6 Å². The summed E-state index contributed by atoms with van der Waals surface area (Å²) in [5, 5.41) is 8.83. The molecule has 1 unspecified atom stereocenters. The Hall–Kier alpha value is -2.51. The molecular weight excluding hydrogens is 422 g/mol. The van der Waals surface area contributed by atoms with E-state index in [2.05, 4.69) is 0 Å². The van der Waals surface area contributed by atoms with E-state index < -0.39 is 37.7 Å². The molecule has 12 heteroatoms. The first kappa shape index (κ1) is 22.8. The number of benzene rings is 2. The number of carbonyl (C=O) groups is 1. The Morgan fingerprint density at radius 3 is 2.07 bits per heavy atom. The van der Waals surface area contributed by atoms with Crippen LogP contribution in [0, 0.1) is 0 Å². The van der Waals surface area contributed by atoms with Crippen LogP contribution in [0.25, 0.3) is 0 Å². The van der Waals surface area contributed by atoms with Crippen molar-refractivity contribution < 1.29 is 31.6 Å². The molecule has 0 saturated heterocycles. The maximum atomic E-state index is 12.6. The third-order valence-electron chi connectivity index (χ3n) is 3.75. The lowest BCUT2D eigenvalue weighted by Crippen LogP contribution is -2.52. The molecule has 0 aliphatic heterocycles. The molecule has 0 saturated carbocycles. The maximum Gasteiger partial charge on any atom is 0.279 e. The van der Waals surface area contributed by atoms with Gasteiger partial charge in [0, 0.05) is 14.1 Å². The van der Waals surface area contributed by atoms with Crippen LogP contribution >= 0.6 is 0 Å². The minimum absolute atomic E-state index is 0.141. The smallest absolute Gasteiger partial charge is 0.279 e. The van der Waals surface area contributed by atoms with Gasteiger partial charge in [0.15, 0.2) is 9.84 Å². The summed E-state index contributed by atoms with van der Waals surface area (Å²) in [4.78, 5) is 11.6. The summed E-state index contributed by atoms with van der Waals surface area (Å²) in [6.45, 7) is 0. The first-order valence-electron chi connectivity index (χ1n) is 8.24. The van der Waals surface area contributed by atoms with Crippen molar-refractivity contribution in [1.82, 2.24) is 14.5 Å². The van der Waals surface area contributed by atoms with Gasteiger partial charge in [-0.1, -0.05) is 18.2 Å². The lowest BCUT2D eigenvalue weighted by molar-refractivity contribution is -0.130. The third kappa shape index (κ3) is 6.24. The van der Waals surface area contributed by atoms with Gasteiger partial charge in [-0.2, -0.15) is 17.4 Å². The highest BCUT2D eigenvalue weighted by Crippen LogP contribution is 2.23. The number of hydroxylamine groups is 1. The van der Waals surface area contributed by atoms with Crippen molar-refractivity contribution >= 4 is 26.0 Å². The number of sulfone groups is 1. The first-order chi connectivity index (χ1) is 13.5. The number of ether oxygens (including phenoxy) is 1. The predicted octanol–water partition coefficient (Wildman–Crippen LogP) is 0.523. The predicted molar refractivity (Wildman–Crippen MR) is 104 cm³/mol. The van der Waals surface area contributed by atoms with Crippen molar-refractivity contribution in [3.8, 4) is 11.5 Å². The Morgan fingerprint density at radius 2 is 1.55 bits per heavy atom. The Morgan fingerprint density at radius 1 is 1.00 bits per heavy atom. The fourth-order valence-electron chi connectivity index (χ4n) is 2.18. The summed E-state index contributed by atoms with van der Waals surface area (Å²) in [6, 6.07) is 12.6. The number of para-hydroxylation sites is 1. The SMILES string of the molecule is CN(C)S(=O)(=O)NC(CS(=O)(=O)c1ccc(Oc2ccccc2)cc1)C(=O)NO. The van der Waals surface area contributed by atoms with Gasteiger partial charge in [-0.15, -0.1) is 0 Å². The molecule has 29 heavy (non-hydrogen) atoms. The van der Waals surface area contributed by atoms with E-state index in [1.165, 1.54) is 43.8 Å². The molecule has 0 radical (unpaired) electrons. The normalized spacial score (nSPS) is 13.1. The van der Waals surface area contributed by atoms with Crippen molar-refractivity contribution in [2.45, 2.75) is 10.9 Å². The van der Waals surface area contributed by atoms with Gasteiger partial charge in [0.05, 0.1) is 10.6 Å². The van der Waals surface area contributed by atoms with E-state index in [4.69, 9.17) is 9.94 Å². The summed E-state index contributed by atoms with van der Waals surface area (Å²) in [5.41, 5.74) is 1.27. The first-order valence-corrected chi connectivity index (χ1v) is 11.3. The summed E-state index contributed by atoms with van der Waals surface area (Å²) < 4.78 is 57.5. The van der Waals surface area contributed by atoms with Crippen LogP contribution in [0.4, 0.5) is 0 Å².